The topological polar surface area (TPSA) is 79.9 Å². The van der Waals surface area contributed by atoms with Crippen LogP contribution in [0.5, 0.6) is 17.2 Å². The molecular weight excluding hydrogens is 272 g/mol. The van der Waals surface area contributed by atoms with Crippen LogP contribution in [0.2, 0.25) is 0 Å². The third-order valence-electron chi connectivity index (χ3n) is 3.23. The molecule has 0 saturated carbocycles. The van der Waals surface area contributed by atoms with E-state index in [9.17, 15) is 15.0 Å². The Labute approximate surface area is 119 Å². The zero-order valence-corrected chi connectivity index (χ0v) is 11.2. The molecule has 0 aliphatic rings. The van der Waals surface area contributed by atoms with Gasteiger partial charge in [0.15, 0.2) is 11.5 Å². The minimum Gasteiger partial charge on any atom is -0.504 e. The number of hydrogen-bond acceptors (Lipinski definition) is 5. The smallest absolute Gasteiger partial charge is 0.344 e. The number of phenolic OH excluding ortho intramolecular Hbond substituents is 2. The summed E-state index contributed by atoms with van der Waals surface area (Å²) in [7, 11) is 1.56. The molecule has 0 aliphatic heterocycles. The lowest BCUT2D eigenvalue weighted by Crippen LogP contribution is -2.02. The summed E-state index contributed by atoms with van der Waals surface area (Å²) in [5, 5.41) is 19.5. The van der Waals surface area contributed by atoms with Crippen molar-refractivity contribution in [3.63, 3.8) is 0 Å². The lowest BCUT2D eigenvalue weighted by Gasteiger charge is -2.05. The zero-order valence-electron chi connectivity index (χ0n) is 11.2. The number of hydrogen-bond donors (Lipinski definition) is 2. The number of rotatable bonds is 2. The monoisotopic (exact) mass is 284 g/mol. The Balaban J connectivity index is 2.20. The summed E-state index contributed by atoms with van der Waals surface area (Å²) < 4.78 is 10.3. The summed E-state index contributed by atoms with van der Waals surface area (Å²) in [5.74, 6) is 0.0892. The SMILES string of the molecule is COc1ccc(-c2cc3cc(O)c(O)cc3oc2=O)cc1. The maximum atomic E-state index is 12.0. The van der Waals surface area contributed by atoms with E-state index in [0.29, 0.717) is 22.3 Å². The number of phenols is 2. The maximum Gasteiger partial charge on any atom is 0.344 e. The fraction of sp³-hybridized carbons (Fsp3) is 0.0625. The number of methoxy groups -OCH3 is 1. The summed E-state index contributed by atoms with van der Waals surface area (Å²) in [5.41, 5.74) is 0.750. The summed E-state index contributed by atoms with van der Waals surface area (Å²) in [4.78, 5) is 12.0. The molecule has 2 aromatic carbocycles. The first-order valence-corrected chi connectivity index (χ1v) is 6.23. The Bertz CT molecular complexity index is 862. The highest BCUT2D eigenvalue weighted by molar-refractivity contribution is 5.84. The molecule has 0 radical (unpaired) electrons. The zero-order chi connectivity index (χ0) is 15.0. The van der Waals surface area contributed by atoms with E-state index in [1.54, 1.807) is 37.4 Å². The predicted octanol–water partition coefficient (Wildman–Crippen LogP) is 2.88. The van der Waals surface area contributed by atoms with Crippen LogP contribution in [0, 0.1) is 0 Å². The molecule has 0 amide bonds. The molecular formula is C16H12O5. The van der Waals surface area contributed by atoms with E-state index in [4.69, 9.17) is 9.15 Å². The van der Waals surface area contributed by atoms with Gasteiger partial charge in [-0.25, -0.2) is 4.79 Å². The summed E-state index contributed by atoms with van der Waals surface area (Å²) in [6.07, 6.45) is 0. The van der Waals surface area contributed by atoms with Crippen LogP contribution in [0.1, 0.15) is 0 Å². The third kappa shape index (κ3) is 2.29. The van der Waals surface area contributed by atoms with Crippen LogP contribution in [-0.4, -0.2) is 17.3 Å². The minimum absolute atomic E-state index is 0.215. The average molecular weight is 284 g/mol. The molecule has 5 heteroatoms. The highest BCUT2D eigenvalue weighted by atomic mass is 16.5. The molecule has 5 nitrogen and oxygen atoms in total. The van der Waals surface area contributed by atoms with Gasteiger partial charge in [-0.1, -0.05) is 12.1 Å². The molecule has 1 aromatic heterocycles. The van der Waals surface area contributed by atoms with Gasteiger partial charge < -0.3 is 19.4 Å². The van der Waals surface area contributed by atoms with E-state index < -0.39 is 5.63 Å². The lowest BCUT2D eigenvalue weighted by atomic mass is 10.1. The minimum atomic E-state index is -0.516. The summed E-state index contributed by atoms with van der Waals surface area (Å²) in [6, 6.07) is 11.2. The van der Waals surface area contributed by atoms with Gasteiger partial charge in [-0.2, -0.15) is 0 Å². The Morgan fingerprint density at radius 1 is 1.00 bits per heavy atom. The van der Waals surface area contributed by atoms with Crippen molar-refractivity contribution < 1.29 is 19.4 Å². The first kappa shape index (κ1) is 13.1. The van der Waals surface area contributed by atoms with Gasteiger partial charge in [-0.3, -0.25) is 0 Å². The molecule has 21 heavy (non-hydrogen) atoms. The van der Waals surface area contributed by atoms with Crippen LogP contribution in [0.4, 0.5) is 0 Å². The molecule has 0 aliphatic carbocycles. The van der Waals surface area contributed by atoms with E-state index in [-0.39, 0.29) is 17.1 Å². The van der Waals surface area contributed by atoms with Crippen LogP contribution < -0.4 is 10.4 Å². The molecule has 0 saturated heterocycles. The van der Waals surface area contributed by atoms with Gasteiger partial charge in [0.05, 0.1) is 12.7 Å². The van der Waals surface area contributed by atoms with Crippen LogP contribution in [0.25, 0.3) is 22.1 Å². The van der Waals surface area contributed by atoms with Crippen LogP contribution >= 0.6 is 0 Å². The Kier molecular flexibility index (Phi) is 3.02. The van der Waals surface area contributed by atoms with Gasteiger partial charge >= 0.3 is 5.63 Å². The van der Waals surface area contributed by atoms with Crippen molar-refractivity contribution in [3.05, 3.63) is 52.9 Å². The van der Waals surface area contributed by atoms with Crippen molar-refractivity contribution in [3.8, 4) is 28.4 Å². The number of aromatic hydroxyl groups is 2. The lowest BCUT2D eigenvalue weighted by molar-refractivity contribution is 0.403. The summed E-state index contributed by atoms with van der Waals surface area (Å²) >= 11 is 0. The first-order chi connectivity index (χ1) is 10.1. The van der Waals surface area contributed by atoms with Crippen LogP contribution in [0.3, 0.4) is 0 Å². The van der Waals surface area contributed by atoms with Gasteiger partial charge in [0.2, 0.25) is 0 Å². The third-order valence-corrected chi connectivity index (χ3v) is 3.23. The summed E-state index contributed by atoms with van der Waals surface area (Å²) in [6.45, 7) is 0. The van der Waals surface area contributed by atoms with Gasteiger partial charge in [0, 0.05) is 11.5 Å². The molecule has 0 spiro atoms. The van der Waals surface area contributed by atoms with Crippen molar-refractivity contribution in [2.75, 3.05) is 7.11 Å². The molecule has 2 N–H and O–H groups in total. The van der Waals surface area contributed by atoms with E-state index in [2.05, 4.69) is 0 Å². The van der Waals surface area contributed by atoms with Crippen molar-refractivity contribution >= 4 is 11.0 Å². The van der Waals surface area contributed by atoms with Gasteiger partial charge in [0.1, 0.15) is 11.3 Å². The second-order valence-electron chi connectivity index (χ2n) is 4.55. The highest BCUT2D eigenvalue weighted by Crippen LogP contribution is 2.31. The number of benzene rings is 2. The predicted molar refractivity (Wildman–Crippen MR) is 77.8 cm³/mol. The Morgan fingerprint density at radius 2 is 1.67 bits per heavy atom. The molecule has 0 bridgehead atoms. The first-order valence-electron chi connectivity index (χ1n) is 6.23. The molecule has 1 heterocycles. The maximum absolute atomic E-state index is 12.0. The molecule has 0 atom stereocenters. The molecule has 3 rings (SSSR count). The van der Waals surface area contributed by atoms with E-state index in [0.717, 1.165) is 0 Å². The quantitative estimate of drug-likeness (QED) is 0.558. The molecule has 0 unspecified atom stereocenters. The molecule has 0 fully saturated rings. The average Bonchev–Trinajstić information content (AvgIpc) is 2.49. The van der Waals surface area contributed by atoms with Crippen molar-refractivity contribution in [1.29, 1.82) is 0 Å². The number of fused-ring (bicyclic) bond motifs is 1. The van der Waals surface area contributed by atoms with Crippen molar-refractivity contribution in [1.82, 2.24) is 0 Å². The molecule has 106 valence electrons. The fourth-order valence-electron chi connectivity index (χ4n) is 2.12. The Hall–Kier alpha value is -2.95. The standard InChI is InChI=1S/C16H12O5/c1-20-11-4-2-9(3-5-11)12-6-10-7-13(17)14(18)8-15(10)21-16(12)19/h2-8,17-18H,1H3. The van der Waals surface area contributed by atoms with Gasteiger partial charge in [-0.05, 0) is 29.8 Å². The van der Waals surface area contributed by atoms with E-state index in [1.807, 2.05) is 0 Å². The second-order valence-corrected chi connectivity index (χ2v) is 4.55. The van der Waals surface area contributed by atoms with Crippen LogP contribution in [-0.2, 0) is 0 Å². The molecule has 3 aromatic rings. The number of ether oxygens (including phenoxy) is 1. The fourth-order valence-corrected chi connectivity index (χ4v) is 2.12. The second kappa shape index (κ2) is 4.86. The van der Waals surface area contributed by atoms with Crippen LogP contribution in [0.15, 0.2) is 51.7 Å². The Morgan fingerprint density at radius 3 is 2.33 bits per heavy atom. The van der Waals surface area contributed by atoms with Crippen molar-refractivity contribution in [2.24, 2.45) is 0 Å². The van der Waals surface area contributed by atoms with Gasteiger partial charge in [0.25, 0.3) is 0 Å². The normalized spacial score (nSPS) is 10.7. The van der Waals surface area contributed by atoms with E-state index in [1.165, 1.54) is 12.1 Å². The largest absolute Gasteiger partial charge is 0.504 e. The van der Waals surface area contributed by atoms with E-state index >= 15 is 0 Å². The highest BCUT2D eigenvalue weighted by Gasteiger charge is 2.10. The van der Waals surface area contributed by atoms with Gasteiger partial charge in [-0.15, -0.1) is 0 Å². The van der Waals surface area contributed by atoms with Crippen molar-refractivity contribution in [2.45, 2.75) is 0 Å².